The molecule has 0 aliphatic rings. The molecule has 0 N–H and O–H groups in total. The van der Waals surface area contributed by atoms with E-state index in [4.69, 9.17) is 4.43 Å². The van der Waals surface area contributed by atoms with Crippen LogP contribution in [0.15, 0.2) is 11.8 Å². The lowest BCUT2D eigenvalue weighted by Gasteiger charge is -2.30. The smallest absolute Gasteiger partial charge is 0.203 e. The van der Waals surface area contributed by atoms with Gasteiger partial charge in [-0.3, -0.25) is 0 Å². The zero-order valence-electron chi connectivity index (χ0n) is 14.1. The summed E-state index contributed by atoms with van der Waals surface area (Å²) in [4.78, 5) is 0. The fourth-order valence-electron chi connectivity index (χ4n) is 2.62. The van der Waals surface area contributed by atoms with Crippen LogP contribution in [0.5, 0.6) is 0 Å². The van der Waals surface area contributed by atoms with E-state index in [9.17, 15) is 0 Å². The Kier molecular flexibility index (Phi) is 11.4. The van der Waals surface area contributed by atoms with Crippen LogP contribution in [-0.2, 0) is 4.43 Å². The number of hydrogen-bond donors (Lipinski definition) is 0. The van der Waals surface area contributed by atoms with Gasteiger partial charge in [-0.15, -0.1) is 0 Å². The van der Waals surface area contributed by atoms with Gasteiger partial charge in [-0.2, -0.15) is 0 Å². The first kappa shape index (κ1) is 18.8. The van der Waals surface area contributed by atoms with Gasteiger partial charge in [0, 0.05) is 0 Å². The lowest BCUT2D eigenvalue weighted by atomic mass is 9.76. The monoisotopic (exact) mass is 284 g/mol. The van der Waals surface area contributed by atoms with Crippen LogP contribution in [0, 0.1) is 5.41 Å². The normalized spacial score (nSPS) is 12.9. The van der Waals surface area contributed by atoms with E-state index >= 15 is 0 Å². The molecule has 0 bridgehead atoms. The van der Waals surface area contributed by atoms with Gasteiger partial charge in [0.2, 0.25) is 10.5 Å². The molecule has 0 unspecified atom stereocenters. The molecule has 0 fully saturated rings. The van der Waals surface area contributed by atoms with Gasteiger partial charge in [0.1, 0.15) is 0 Å². The Balaban J connectivity index is 4.00. The summed E-state index contributed by atoms with van der Waals surface area (Å²) in [5.41, 5.74) is 1.90. The third kappa shape index (κ3) is 7.81. The molecule has 1 nitrogen and oxygen atoms in total. The van der Waals surface area contributed by atoms with Crippen LogP contribution >= 0.6 is 0 Å². The molecule has 0 atom stereocenters. The quantitative estimate of drug-likeness (QED) is 0.274. The Hall–Kier alpha value is -0.243. The zero-order chi connectivity index (χ0) is 14.6. The second-order valence-corrected chi connectivity index (χ2v) is 6.49. The molecular weight excluding hydrogens is 248 g/mol. The van der Waals surface area contributed by atoms with E-state index in [1.165, 1.54) is 64.2 Å². The van der Waals surface area contributed by atoms with E-state index < -0.39 is 0 Å². The highest BCUT2D eigenvalue weighted by atomic mass is 28.2. The molecule has 0 aromatic heterocycles. The maximum absolute atomic E-state index is 5.44. The first-order chi connectivity index (χ1) is 9.14. The summed E-state index contributed by atoms with van der Waals surface area (Å²) in [6.07, 6.45) is 15.4. The number of rotatable bonds is 12. The molecule has 0 amide bonds. The van der Waals surface area contributed by atoms with Gasteiger partial charge in [-0.05, 0) is 36.7 Å². The van der Waals surface area contributed by atoms with Crippen molar-refractivity contribution in [2.75, 3.05) is 0 Å². The Bertz CT molecular complexity index is 231. The summed E-state index contributed by atoms with van der Waals surface area (Å²) in [5.74, 6) is 0. The van der Waals surface area contributed by atoms with Crippen LogP contribution in [0.2, 0.25) is 0 Å². The average molecular weight is 285 g/mol. The van der Waals surface area contributed by atoms with Gasteiger partial charge in [-0.25, -0.2) is 0 Å². The summed E-state index contributed by atoms with van der Waals surface area (Å²) in [6, 6.07) is 0. The Morgan fingerprint density at radius 2 is 1.47 bits per heavy atom. The van der Waals surface area contributed by atoms with E-state index in [1.54, 1.807) is 5.57 Å². The minimum absolute atomic E-state index is 0.354. The van der Waals surface area contributed by atoms with Crippen molar-refractivity contribution in [3.8, 4) is 0 Å². The molecule has 2 heteroatoms. The molecule has 0 heterocycles. The van der Waals surface area contributed by atoms with E-state index in [-0.39, 0.29) is 0 Å². The third-order valence-electron chi connectivity index (χ3n) is 4.65. The van der Waals surface area contributed by atoms with Crippen molar-refractivity contribution in [1.29, 1.82) is 0 Å². The molecule has 0 radical (unpaired) electrons. The Labute approximate surface area is 124 Å². The summed E-state index contributed by atoms with van der Waals surface area (Å²) in [5, 5.41) is 0. The first-order valence-corrected chi connectivity index (χ1v) is 9.18. The SMILES string of the molecule is CCCCCCCCCC(=CO[SiH3])C(C)(CC)CC. The molecule has 0 aliphatic heterocycles. The van der Waals surface area contributed by atoms with Gasteiger partial charge < -0.3 is 4.43 Å². The highest BCUT2D eigenvalue weighted by Crippen LogP contribution is 2.37. The zero-order valence-corrected chi connectivity index (χ0v) is 16.1. The summed E-state index contributed by atoms with van der Waals surface area (Å²) >= 11 is 0. The van der Waals surface area contributed by atoms with Crippen LogP contribution in [0.25, 0.3) is 0 Å². The largest absolute Gasteiger partial charge is 0.558 e. The predicted molar refractivity (Wildman–Crippen MR) is 90.4 cm³/mol. The molecule has 0 spiro atoms. The Morgan fingerprint density at radius 1 is 0.947 bits per heavy atom. The van der Waals surface area contributed by atoms with Crippen molar-refractivity contribution in [3.63, 3.8) is 0 Å². The lowest BCUT2D eigenvalue weighted by Crippen LogP contribution is -2.17. The van der Waals surface area contributed by atoms with Gasteiger partial charge in [0.15, 0.2) is 0 Å². The lowest BCUT2D eigenvalue weighted by molar-refractivity contribution is 0.337. The summed E-state index contributed by atoms with van der Waals surface area (Å²) < 4.78 is 5.44. The van der Waals surface area contributed by atoms with Crippen LogP contribution < -0.4 is 0 Å². The van der Waals surface area contributed by atoms with Gasteiger partial charge in [-0.1, -0.05) is 66.2 Å². The second-order valence-electron chi connectivity index (χ2n) is 6.02. The molecule has 0 saturated carbocycles. The highest BCUT2D eigenvalue weighted by Gasteiger charge is 2.24. The minimum atomic E-state index is 0.354. The maximum Gasteiger partial charge on any atom is 0.203 e. The minimum Gasteiger partial charge on any atom is -0.558 e. The fraction of sp³-hybridized carbons (Fsp3) is 0.882. The first-order valence-electron chi connectivity index (χ1n) is 8.36. The molecule has 0 aromatic rings. The van der Waals surface area contributed by atoms with Crippen molar-refractivity contribution in [3.05, 3.63) is 11.8 Å². The van der Waals surface area contributed by atoms with Crippen molar-refractivity contribution in [2.24, 2.45) is 5.41 Å². The second kappa shape index (κ2) is 11.6. The van der Waals surface area contributed by atoms with Gasteiger partial charge in [0.25, 0.3) is 0 Å². The van der Waals surface area contributed by atoms with Crippen molar-refractivity contribution in [2.45, 2.75) is 91.9 Å². The third-order valence-corrected chi connectivity index (χ3v) is 4.88. The number of allylic oxidation sites excluding steroid dienone is 1. The van der Waals surface area contributed by atoms with Crippen LogP contribution in [0.3, 0.4) is 0 Å². The topological polar surface area (TPSA) is 9.23 Å². The number of unbranched alkanes of at least 4 members (excludes halogenated alkanes) is 6. The van der Waals surface area contributed by atoms with Crippen LogP contribution in [0.1, 0.15) is 91.9 Å². The van der Waals surface area contributed by atoms with E-state index in [0.29, 0.717) is 5.41 Å². The van der Waals surface area contributed by atoms with E-state index in [0.717, 1.165) is 10.5 Å². The summed E-state index contributed by atoms with van der Waals surface area (Å²) in [7, 11) is 0.810. The van der Waals surface area contributed by atoms with Gasteiger partial charge in [0.05, 0.1) is 6.26 Å². The molecule has 114 valence electrons. The highest BCUT2D eigenvalue weighted by molar-refractivity contribution is 5.98. The molecule has 0 rings (SSSR count). The average Bonchev–Trinajstić information content (AvgIpc) is 2.44. The predicted octanol–water partition coefficient (Wildman–Crippen LogP) is 5.13. The van der Waals surface area contributed by atoms with E-state index in [2.05, 4.69) is 34.0 Å². The number of hydrogen-bond acceptors (Lipinski definition) is 1. The van der Waals surface area contributed by atoms with E-state index in [1.807, 2.05) is 0 Å². The van der Waals surface area contributed by atoms with Crippen LogP contribution in [-0.4, -0.2) is 10.5 Å². The standard InChI is InChI=1S/C17H36OSi/c1-5-8-9-10-11-12-13-14-16(15-18-19)17(4,6-2)7-3/h15H,5-14H2,1-4,19H3. The molecule has 0 aliphatic carbocycles. The van der Waals surface area contributed by atoms with Crippen LogP contribution in [0.4, 0.5) is 0 Å². The fourth-order valence-corrected chi connectivity index (χ4v) is 2.91. The molecule has 0 saturated heterocycles. The van der Waals surface area contributed by atoms with Crippen molar-refractivity contribution in [1.82, 2.24) is 0 Å². The summed E-state index contributed by atoms with van der Waals surface area (Å²) in [6.45, 7) is 9.27. The van der Waals surface area contributed by atoms with Crippen molar-refractivity contribution < 1.29 is 4.43 Å². The van der Waals surface area contributed by atoms with Gasteiger partial charge >= 0.3 is 0 Å². The van der Waals surface area contributed by atoms with Crippen molar-refractivity contribution >= 4 is 10.5 Å². The molecule has 19 heavy (non-hydrogen) atoms. The Morgan fingerprint density at radius 3 is 1.95 bits per heavy atom. The molecular formula is C17H36OSi. The molecule has 0 aromatic carbocycles. The maximum atomic E-state index is 5.44.